The molecular formula is C35H47N3O5. The molecule has 2 bridgehead atoms. The molecule has 3 fully saturated rings. The van der Waals surface area contributed by atoms with E-state index in [9.17, 15) is 19.5 Å². The first-order chi connectivity index (χ1) is 20.3. The van der Waals surface area contributed by atoms with Gasteiger partial charge in [-0.15, -0.1) is 0 Å². The van der Waals surface area contributed by atoms with Gasteiger partial charge in [-0.2, -0.15) is 0 Å². The number of aliphatic hydroxyl groups excluding tert-OH is 1. The number of amides is 3. The van der Waals surface area contributed by atoms with E-state index in [2.05, 4.69) is 31.4 Å². The molecule has 232 valence electrons. The second kappa shape index (κ2) is 11.4. The van der Waals surface area contributed by atoms with E-state index in [1.165, 1.54) is 0 Å². The number of fused-ring (bicyclic) bond motifs is 1. The molecule has 5 rings (SSSR count). The number of carbonyl (C=O) groups is 3. The Labute approximate surface area is 255 Å². The molecule has 3 aliphatic heterocycles. The van der Waals surface area contributed by atoms with Crippen LogP contribution in [0.3, 0.4) is 0 Å². The number of carbonyl (C=O) groups excluding carboxylic acids is 3. The smallest absolute Gasteiger partial charge is 0.246 e. The highest BCUT2D eigenvalue weighted by molar-refractivity contribution is 6.02. The van der Waals surface area contributed by atoms with Crippen molar-refractivity contribution in [2.75, 3.05) is 11.9 Å². The summed E-state index contributed by atoms with van der Waals surface area (Å²) in [6, 6.07) is 17.2. The van der Waals surface area contributed by atoms with Gasteiger partial charge in [-0.25, -0.2) is 0 Å². The van der Waals surface area contributed by atoms with Crippen molar-refractivity contribution in [2.45, 2.75) is 102 Å². The zero-order valence-electron chi connectivity index (χ0n) is 26.4. The van der Waals surface area contributed by atoms with Crippen LogP contribution < -0.4 is 10.6 Å². The topological polar surface area (TPSA) is 108 Å². The van der Waals surface area contributed by atoms with Gasteiger partial charge >= 0.3 is 0 Å². The molecule has 1 spiro atoms. The zero-order valence-corrected chi connectivity index (χ0v) is 26.4. The molecule has 3 heterocycles. The van der Waals surface area contributed by atoms with Gasteiger partial charge in [0.25, 0.3) is 0 Å². The lowest BCUT2D eigenvalue weighted by Crippen LogP contribution is -2.61. The Balaban J connectivity index is 1.56. The zero-order chi connectivity index (χ0) is 31.2. The van der Waals surface area contributed by atoms with Crippen LogP contribution in [0.25, 0.3) is 0 Å². The summed E-state index contributed by atoms with van der Waals surface area (Å²) in [4.78, 5) is 44.8. The fourth-order valence-corrected chi connectivity index (χ4v) is 8.40. The highest BCUT2D eigenvalue weighted by Crippen LogP contribution is 2.64. The van der Waals surface area contributed by atoms with Crippen LogP contribution in [0.1, 0.15) is 72.8 Å². The molecule has 0 aromatic heterocycles. The van der Waals surface area contributed by atoms with Crippen molar-refractivity contribution in [1.29, 1.82) is 0 Å². The van der Waals surface area contributed by atoms with Crippen LogP contribution in [0.15, 0.2) is 60.7 Å². The minimum absolute atomic E-state index is 0.0427. The van der Waals surface area contributed by atoms with Crippen molar-refractivity contribution in [3.8, 4) is 0 Å². The molecule has 0 saturated carbocycles. The lowest BCUT2D eigenvalue weighted by Gasteiger charge is -2.40. The monoisotopic (exact) mass is 589 g/mol. The summed E-state index contributed by atoms with van der Waals surface area (Å²) in [6.07, 6.45) is 2.71. The lowest BCUT2D eigenvalue weighted by atomic mass is 9.65. The third-order valence-corrected chi connectivity index (χ3v) is 9.54. The van der Waals surface area contributed by atoms with Gasteiger partial charge in [0.15, 0.2) is 0 Å². The molecule has 3 N–H and O–H groups in total. The van der Waals surface area contributed by atoms with Crippen LogP contribution in [0, 0.1) is 17.3 Å². The molecule has 2 aromatic carbocycles. The van der Waals surface area contributed by atoms with Crippen molar-refractivity contribution in [1.82, 2.24) is 10.2 Å². The number of hydrogen-bond donors (Lipinski definition) is 3. The van der Waals surface area contributed by atoms with Crippen molar-refractivity contribution in [3.63, 3.8) is 0 Å². The Hall–Kier alpha value is -3.23. The number of ether oxygens (including phenoxy) is 1. The first-order valence-electron chi connectivity index (χ1n) is 15.6. The van der Waals surface area contributed by atoms with E-state index in [0.717, 1.165) is 12.0 Å². The summed E-state index contributed by atoms with van der Waals surface area (Å²) < 4.78 is 6.92. The quantitative estimate of drug-likeness (QED) is 0.372. The fraction of sp³-hybridized carbons (Fsp3) is 0.571. The minimum atomic E-state index is -1.17. The Morgan fingerprint density at radius 2 is 1.63 bits per heavy atom. The lowest BCUT2D eigenvalue weighted by molar-refractivity contribution is -0.151. The Bertz CT molecular complexity index is 1340. The van der Waals surface area contributed by atoms with E-state index >= 15 is 0 Å². The normalized spacial score (nSPS) is 29.0. The van der Waals surface area contributed by atoms with E-state index in [0.29, 0.717) is 31.4 Å². The molecule has 8 nitrogen and oxygen atoms in total. The van der Waals surface area contributed by atoms with Crippen molar-refractivity contribution < 1.29 is 24.2 Å². The molecule has 3 saturated heterocycles. The van der Waals surface area contributed by atoms with Crippen LogP contribution in [-0.2, 0) is 25.5 Å². The fourth-order valence-electron chi connectivity index (χ4n) is 8.40. The number of aliphatic hydroxyl groups is 1. The number of nitrogens with zero attached hydrogens (tertiary/aromatic N) is 1. The van der Waals surface area contributed by atoms with Gasteiger partial charge < -0.3 is 25.4 Å². The van der Waals surface area contributed by atoms with Gasteiger partial charge in [0.1, 0.15) is 11.6 Å². The number of anilines is 1. The Kier molecular flexibility index (Phi) is 8.24. The highest BCUT2D eigenvalue weighted by Gasteiger charge is 2.79. The molecule has 8 heteroatoms. The summed E-state index contributed by atoms with van der Waals surface area (Å²) in [5.74, 6) is -2.47. The summed E-state index contributed by atoms with van der Waals surface area (Å²) in [7, 11) is 0. The van der Waals surface area contributed by atoms with Gasteiger partial charge in [-0.05, 0) is 69.1 Å². The third kappa shape index (κ3) is 5.72. The number of para-hydroxylation sites is 1. The van der Waals surface area contributed by atoms with E-state index in [1.807, 2.05) is 81.4 Å². The summed E-state index contributed by atoms with van der Waals surface area (Å²) >= 11 is 0. The Morgan fingerprint density at radius 1 is 1.00 bits per heavy atom. The molecule has 6 atom stereocenters. The average Bonchev–Trinajstić information content (AvgIpc) is 3.54. The average molecular weight is 590 g/mol. The minimum Gasteiger partial charge on any atom is -0.394 e. The molecule has 2 aromatic rings. The third-order valence-electron chi connectivity index (χ3n) is 9.54. The SMILES string of the molecule is CC[C@@]12CCC3(O1)C(C(=O)NC(C)(C)CC(C)(C)C)N([C@@H](CO)Cc1ccccc1)C(=O)[C@@H]3[C@@H]2C(=O)Nc1ccccc1. The number of benzene rings is 2. The second-order valence-corrected chi connectivity index (χ2v) is 14.6. The number of rotatable bonds is 10. The predicted octanol–water partition coefficient (Wildman–Crippen LogP) is 4.71. The van der Waals surface area contributed by atoms with Gasteiger partial charge in [0, 0.05) is 11.2 Å². The van der Waals surface area contributed by atoms with E-state index in [1.54, 1.807) is 4.90 Å². The second-order valence-electron chi connectivity index (χ2n) is 14.6. The highest BCUT2D eigenvalue weighted by atomic mass is 16.5. The van der Waals surface area contributed by atoms with Crippen LogP contribution in [-0.4, -0.2) is 63.2 Å². The van der Waals surface area contributed by atoms with Gasteiger partial charge in [0.2, 0.25) is 17.7 Å². The van der Waals surface area contributed by atoms with Crippen LogP contribution in [0.2, 0.25) is 0 Å². The largest absolute Gasteiger partial charge is 0.394 e. The first-order valence-corrected chi connectivity index (χ1v) is 15.6. The maximum absolute atomic E-state index is 14.7. The van der Waals surface area contributed by atoms with Gasteiger partial charge in [0.05, 0.1) is 30.1 Å². The standard InChI is InChI=1S/C35H47N3O5/c1-7-34-18-19-35(43-34)27(26(34)29(40)36-24-16-12-9-13-17-24)31(42)38(25(21-39)20-23-14-10-8-11-15-23)28(35)30(41)37-33(5,6)22-32(2,3)4/h8-17,25-28,39H,7,18-22H2,1-6H3,(H,36,40)(H,37,41)/t25-,26-,27+,28?,34+,35?/m1/s1. The molecule has 43 heavy (non-hydrogen) atoms. The van der Waals surface area contributed by atoms with Crippen LogP contribution in [0.4, 0.5) is 5.69 Å². The van der Waals surface area contributed by atoms with Crippen molar-refractivity contribution in [2.24, 2.45) is 17.3 Å². The van der Waals surface area contributed by atoms with Gasteiger partial charge in [-0.3, -0.25) is 14.4 Å². The molecule has 0 aliphatic carbocycles. The van der Waals surface area contributed by atoms with Gasteiger partial charge in [-0.1, -0.05) is 76.2 Å². The number of nitrogens with one attached hydrogen (secondary N) is 2. The van der Waals surface area contributed by atoms with E-state index in [4.69, 9.17) is 4.74 Å². The van der Waals surface area contributed by atoms with E-state index in [-0.39, 0.29) is 29.7 Å². The van der Waals surface area contributed by atoms with Crippen molar-refractivity contribution in [3.05, 3.63) is 66.2 Å². The summed E-state index contributed by atoms with van der Waals surface area (Å²) in [5.41, 5.74) is -1.02. The predicted molar refractivity (Wildman–Crippen MR) is 166 cm³/mol. The van der Waals surface area contributed by atoms with E-state index < -0.39 is 40.7 Å². The summed E-state index contributed by atoms with van der Waals surface area (Å²) in [5, 5.41) is 17.0. The molecule has 3 amide bonds. The molecular weight excluding hydrogens is 542 g/mol. The Morgan fingerprint density at radius 3 is 2.21 bits per heavy atom. The molecule has 3 aliphatic rings. The number of likely N-dealkylation sites (tertiary alicyclic amines) is 1. The van der Waals surface area contributed by atoms with Crippen LogP contribution in [0.5, 0.6) is 0 Å². The maximum atomic E-state index is 14.7. The molecule has 0 radical (unpaired) electrons. The number of hydrogen-bond acceptors (Lipinski definition) is 5. The summed E-state index contributed by atoms with van der Waals surface area (Å²) in [6.45, 7) is 12.0. The maximum Gasteiger partial charge on any atom is 0.246 e. The first kappa shape index (κ1) is 31.2. The van der Waals surface area contributed by atoms with Crippen LogP contribution >= 0.6 is 0 Å². The van der Waals surface area contributed by atoms with Crippen molar-refractivity contribution >= 4 is 23.4 Å². The molecule has 2 unspecified atom stereocenters.